The van der Waals surface area contributed by atoms with E-state index in [9.17, 15) is 0 Å². The zero-order valence-electron chi connectivity index (χ0n) is 8.31. The van der Waals surface area contributed by atoms with Crippen LogP contribution in [0, 0.1) is 0 Å². The lowest BCUT2D eigenvalue weighted by atomic mass is 10.2. The maximum Gasteiger partial charge on any atom is 0.204 e. The number of H-pyrrole nitrogens is 2. The van der Waals surface area contributed by atoms with Crippen LogP contribution in [0.25, 0.3) is 22.4 Å². The molecule has 0 unspecified atom stereocenters. The summed E-state index contributed by atoms with van der Waals surface area (Å²) < 4.78 is 0. The fourth-order valence-electron chi connectivity index (χ4n) is 1.58. The van der Waals surface area contributed by atoms with E-state index in [-0.39, 0.29) is 0 Å². The van der Waals surface area contributed by atoms with Crippen LogP contribution in [-0.2, 0) is 6.54 Å². The number of hydrogen-bond donors (Lipinski definition) is 3. The fraction of sp³-hybridized carbons (Fsp3) is 0.111. The summed E-state index contributed by atoms with van der Waals surface area (Å²) in [5.74, 6) is 1.32. The fourth-order valence-corrected chi connectivity index (χ4v) is 1.58. The monoisotopic (exact) mass is 215 g/mol. The molecule has 0 radical (unpaired) electrons. The van der Waals surface area contributed by atoms with E-state index >= 15 is 0 Å². The molecular weight excluding hydrogens is 206 g/mol. The summed E-state index contributed by atoms with van der Waals surface area (Å²) in [4.78, 5) is 7.45. The molecular formula is C9H9N7. The molecule has 0 aliphatic heterocycles. The highest BCUT2D eigenvalue weighted by molar-refractivity contribution is 5.80. The second-order valence-corrected chi connectivity index (χ2v) is 3.35. The van der Waals surface area contributed by atoms with Gasteiger partial charge in [-0.15, -0.1) is 10.2 Å². The van der Waals surface area contributed by atoms with Crippen molar-refractivity contribution in [2.24, 2.45) is 5.73 Å². The molecule has 16 heavy (non-hydrogen) atoms. The van der Waals surface area contributed by atoms with Gasteiger partial charge in [0.15, 0.2) is 0 Å². The molecule has 80 valence electrons. The van der Waals surface area contributed by atoms with Crippen molar-refractivity contribution in [3.8, 4) is 11.4 Å². The highest BCUT2D eigenvalue weighted by Crippen LogP contribution is 2.19. The first-order valence-electron chi connectivity index (χ1n) is 4.79. The van der Waals surface area contributed by atoms with Gasteiger partial charge in [-0.3, -0.25) is 0 Å². The van der Waals surface area contributed by atoms with Gasteiger partial charge in [0.1, 0.15) is 5.82 Å². The third kappa shape index (κ3) is 1.34. The number of nitrogens with one attached hydrogen (secondary N) is 2. The van der Waals surface area contributed by atoms with Crippen LogP contribution < -0.4 is 5.73 Å². The van der Waals surface area contributed by atoms with Gasteiger partial charge in [-0.1, -0.05) is 0 Å². The summed E-state index contributed by atoms with van der Waals surface area (Å²) in [7, 11) is 0. The van der Waals surface area contributed by atoms with Crippen LogP contribution in [0.4, 0.5) is 0 Å². The first kappa shape index (κ1) is 8.98. The van der Waals surface area contributed by atoms with Crippen molar-refractivity contribution in [2.45, 2.75) is 6.54 Å². The average Bonchev–Trinajstić information content (AvgIpc) is 2.96. The number of benzene rings is 1. The molecule has 0 atom stereocenters. The van der Waals surface area contributed by atoms with Crippen LogP contribution >= 0.6 is 0 Å². The lowest BCUT2D eigenvalue weighted by Gasteiger charge is -1.92. The molecule has 2 heterocycles. The summed E-state index contributed by atoms with van der Waals surface area (Å²) in [5.41, 5.74) is 8.19. The summed E-state index contributed by atoms with van der Waals surface area (Å²) in [6.07, 6.45) is 0. The number of hydrogen-bond acceptors (Lipinski definition) is 5. The van der Waals surface area contributed by atoms with Gasteiger partial charge >= 0.3 is 0 Å². The Kier molecular flexibility index (Phi) is 1.90. The number of fused-ring (bicyclic) bond motifs is 1. The second kappa shape index (κ2) is 3.38. The smallest absolute Gasteiger partial charge is 0.204 e. The number of nitrogens with zero attached hydrogens (tertiary/aromatic N) is 4. The Morgan fingerprint density at radius 2 is 2.25 bits per heavy atom. The molecule has 2 aromatic heterocycles. The predicted octanol–water partition coefficient (Wildman–Crippen LogP) is 0.202. The van der Waals surface area contributed by atoms with Crippen LogP contribution in [-0.4, -0.2) is 30.6 Å². The Morgan fingerprint density at radius 3 is 3.00 bits per heavy atom. The molecule has 0 aliphatic carbocycles. The number of tetrazole rings is 1. The van der Waals surface area contributed by atoms with Crippen molar-refractivity contribution in [3.63, 3.8) is 0 Å². The van der Waals surface area contributed by atoms with Crippen molar-refractivity contribution in [1.82, 2.24) is 30.6 Å². The van der Waals surface area contributed by atoms with E-state index < -0.39 is 0 Å². The molecule has 0 aliphatic rings. The highest BCUT2D eigenvalue weighted by atomic mass is 15.5. The molecule has 7 nitrogen and oxygen atoms in total. The van der Waals surface area contributed by atoms with Crippen LogP contribution in [0.2, 0.25) is 0 Å². The molecule has 0 amide bonds. The van der Waals surface area contributed by atoms with Gasteiger partial charge in [-0.25, -0.2) is 4.98 Å². The Labute approximate surface area is 90.1 Å². The van der Waals surface area contributed by atoms with Gasteiger partial charge in [-0.2, -0.15) is 5.21 Å². The normalized spacial score (nSPS) is 11.1. The van der Waals surface area contributed by atoms with E-state index in [0.717, 1.165) is 22.4 Å². The van der Waals surface area contributed by atoms with Gasteiger partial charge in [-0.05, 0) is 23.4 Å². The van der Waals surface area contributed by atoms with Crippen molar-refractivity contribution in [2.75, 3.05) is 0 Å². The van der Waals surface area contributed by atoms with E-state index in [1.54, 1.807) is 0 Å². The Morgan fingerprint density at radius 1 is 1.31 bits per heavy atom. The van der Waals surface area contributed by atoms with E-state index in [2.05, 4.69) is 30.6 Å². The van der Waals surface area contributed by atoms with Gasteiger partial charge in [0.05, 0.1) is 17.6 Å². The van der Waals surface area contributed by atoms with Gasteiger partial charge < -0.3 is 10.7 Å². The second-order valence-electron chi connectivity index (χ2n) is 3.35. The van der Waals surface area contributed by atoms with Gasteiger partial charge in [0.25, 0.3) is 0 Å². The number of aromatic nitrogens is 6. The van der Waals surface area contributed by atoms with Gasteiger partial charge in [0.2, 0.25) is 5.82 Å². The van der Waals surface area contributed by atoms with Crippen LogP contribution in [0.3, 0.4) is 0 Å². The minimum Gasteiger partial charge on any atom is -0.341 e. The number of nitrogens with two attached hydrogens (primary N) is 1. The quantitative estimate of drug-likeness (QED) is 0.565. The molecule has 0 saturated carbocycles. The lowest BCUT2D eigenvalue weighted by Crippen LogP contribution is -1.97. The number of rotatable bonds is 2. The third-order valence-corrected chi connectivity index (χ3v) is 2.33. The molecule has 3 aromatic rings. The molecule has 0 fully saturated rings. The minimum absolute atomic E-state index is 0.395. The van der Waals surface area contributed by atoms with Crippen molar-refractivity contribution >= 4 is 11.0 Å². The summed E-state index contributed by atoms with van der Waals surface area (Å²) in [6, 6.07) is 5.73. The van der Waals surface area contributed by atoms with E-state index in [1.165, 1.54) is 0 Å². The standard InChI is InChI=1S/C9H9N7/c10-4-8-11-6-2-1-5(3-7(6)12-8)9-13-15-16-14-9/h1-3H,4,10H2,(H,11,12)(H,13,14,15,16). The third-order valence-electron chi connectivity index (χ3n) is 2.33. The molecule has 0 spiro atoms. The Hall–Kier alpha value is -2.28. The van der Waals surface area contributed by atoms with E-state index in [0.29, 0.717) is 12.4 Å². The van der Waals surface area contributed by atoms with Crippen molar-refractivity contribution in [1.29, 1.82) is 0 Å². The molecule has 1 aromatic carbocycles. The zero-order valence-corrected chi connectivity index (χ0v) is 8.31. The van der Waals surface area contributed by atoms with Crippen molar-refractivity contribution in [3.05, 3.63) is 24.0 Å². The van der Waals surface area contributed by atoms with Crippen LogP contribution in [0.15, 0.2) is 18.2 Å². The van der Waals surface area contributed by atoms with Gasteiger partial charge in [0, 0.05) is 5.56 Å². The van der Waals surface area contributed by atoms with E-state index in [1.807, 2.05) is 18.2 Å². The molecule has 4 N–H and O–H groups in total. The van der Waals surface area contributed by atoms with Crippen molar-refractivity contribution < 1.29 is 0 Å². The molecule has 3 rings (SSSR count). The summed E-state index contributed by atoms with van der Waals surface area (Å²) in [6.45, 7) is 0.395. The first-order chi connectivity index (χ1) is 7.86. The van der Waals surface area contributed by atoms with Crippen LogP contribution in [0.1, 0.15) is 5.82 Å². The van der Waals surface area contributed by atoms with E-state index in [4.69, 9.17) is 5.73 Å². The van der Waals surface area contributed by atoms with Crippen LogP contribution in [0.5, 0.6) is 0 Å². The highest BCUT2D eigenvalue weighted by Gasteiger charge is 2.06. The zero-order chi connectivity index (χ0) is 11.0. The Bertz CT molecular complexity index is 610. The molecule has 0 saturated heterocycles. The predicted molar refractivity (Wildman–Crippen MR) is 57.2 cm³/mol. The first-order valence-corrected chi connectivity index (χ1v) is 4.79. The maximum absolute atomic E-state index is 5.51. The summed E-state index contributed by atoms with van der Waals surface area (Å²) in [5, 5.41) is 13.8. The maximum atomic E-state index is 5.51. The number of imidazole rings is 1. The minimum atomic E-state index is 0.395. The SMILES string of the molecule is NCc1nc2cc(-c3nn[nH]n3)ccc2[nH]1. The largest absolute Gasteiger partial charge is 0.341 e. The summed E-state index contributed by atoms with van der Waals surface area (Å²) >= 11 is 0. The molecule has 7 heteroatoms. The Balaban J connectivity index is 2.15. The number of aromatic amines is 2. The topological polar surface area (TPSA) is 109 Å². The average molecular weight is 215 g/mol. The molecule has 0 bridgehead atoms. The lowest BCUT2D eigenvalue weighted by molar-refractivity contribution is 0.881.